The van der Waals surface area contributed by atoms with E-state index >= 15 is 0 Å². The van der Waals surface area contributed by atoms with Crippen LogP contribution in [0.2, 0.25) is 0 Å². The molecular formula is C18H25NO2. The van der Waals surface area contributed by atoms with E-state index in [1.54, 1.807) is 0 Å². The normalized spacial score (nSPS) is 21.8. The fraction of sp³-hybridized carbons (Fsp3) is 0.611. The molecule has 1 fully saturated rings. The van der Waals surface area contributed by atoms with Crippen molar-refractivity contribution < 1.29 is 9.53 Å². The lowest BCUT2D eigenvalue weighted by molar-refractivity contribution is -0.135. The Morgan fingerprint density at radius 1 is 1.29 bits per heavy atom. The van der Waals surface area contributed by atoms with Crippen molar-refractivity contribution in [3.63, 3.8) is 0 Å². The third-order valence-electron chi connectivity index (χ3n) is 4.71. The lowest BCUT2D eigenvalue weighted by atomic mass is 9.91. The van der Waals surface area contributed by atoms with Crippen molar-refractivity contribution >= 4 is 5.91 Å². The van der Waals surface area contributed by atoms with Crippen molar-refractivity contribution in [2.24, 2.45) is 5.92 Å². The first-order chi connectivity index (χ1) is 10.2. The summed E-state index contributed by atoms with van der Waals surface area (Å²) in [5.41, 5.74) is 2.72. The van der Waals surface area contributed by atoms with Gasteiger partial charge in [0.1, 0.15) is 5.75 Å². The second-order valence-electron chi connectivity index (χ2n) is 6.48. The Morgan fingerprint density at radius 3 is 3.00 bits per heavy atom. The summed E-state index contributed by atoms with van der Waals surface area (Å²) in [6, 6.07) is 6.25. The van der Waals surface area contributed by atoms with Gasteiger partial charge in [0.15, 0.2) is 6.61 Å². The molecule has 0 spiro atoms. The molecule has 1 aromatic carbocycles. The summed E-state index contributed by atoms with van der Waals surface area (Å²) in [6.45, 7) is 4.17. The van der Waals surface area contributed by atoms with Crippen molar-refractivity contribution in [2.75, 3.05) is 19.7 Å². The van der Waals surface area contributed by atoms with Gasteiger partial charge in [-0.3, -0.25) is 4.79 Å². The average Bonchev–Trinajstić information content (AvgIpc) is 2.52. The van der Waals surface area contributed by atoms with Crippen LogP contribution in [0.25, 0.3) is 0 Å². The van der Waals surface area contributed by atoms with Crippen LogP contribution in [0, 0.1) is 5.92 Å². The molecule has 0 bridgehead atoms. The Labute approximate surface area is 127 Å². The molecule has 2 aliphatic rings. The average molecular weight is 287 g/mol. The number of ether oxygens (including phenoxy) is 1. The quantitative estimate of drug-likeness (QED) is 0.854. The molecule has 0 radical (unpaired) electrons. The second kappa shape index (κ2) is 6.50. The summed E-state index contributed by atoms with van der Waals surface area (Å²) in [5, 5.41) is 0. The zero-order valence-electron chi connectivity index (χ0n) is 12.9. The monoisotopic (exact) mass is 287 g/mol. The van der Waals surface area contributed by atoms with Crippen LogP contribution in [0.3, 0.4) is 0 Å². The molecule has 1 aromatic rings. The molecule has 1 amide bonds. The maximum Gasteiger partial charge on any atom is 0.260 e. The molecule has 1 aliphatic heterocycles. The number of hydrogen-bond donors (Lipinski definition) is 0. The SMILES string of the molecule is CC1CCCN(C(=O)COc2cccc3c2CCCC3)C1. The highest BCUT2D eigenvalue weighted by molar-refractivity contribution is 5.78. The summed E-state index contributed by atoms with van der Waals surface area (Å²) in [4.78, 5) is 14.2. The van der Waals surface area contributed by atoms with Crippen molar-refractivity contribution in [3.05, 3.63) is 29.3 Å². The number of carbonyl (C=O) groups excluding carboxylic acids is 1. The summed E-state index contributed by atoms with van der Waals surface area (Å²) in [5.74, 6) is 1.67. The number of aryl methyl sites for hydroxylation is 1. The Hall–Kier alpha value is -1.51. The molecule has 1 atom stereocenters. The van der Waals surface area contributed by atoms with Crippen LogP contribution in [0.4, 0.5) is 0 Å². The molecule has 1 saturated heterocycles. The first-order valence-corrected chi connectivity index (χ1v) is 8.25. The lowest BCUT2D eigenvalue weighted by Crippen LogP contribution is -2.41. The Kier molecular flexibility index (Phi) is 4.47. The van der Waals surface area contributed by atoms with Gasteiger partial charge in [-0.05, 0) is 61.6 Å². The van der Waals surface area contributed by atoms with Gasteiger partial charge in [0, 0.05) is 13.1 Å². The molecule has 0 N–H and O–H groups in total. The van der Waals surface area contributed by atoms with Gasteiger partial charge in [-0.2, -0.15) is 0 Å². The Morgan fingerprint density at radius 2 is 2.14 bits per heavy atom. The van der Waals surface area contributed by atoms with Gasteiger partial charge in [0.2, 0.25) is 0 Å². The topological polar surface area (TPSA) is 29.5 Å². The predicted molar refractivity (Wildman–Crippen MR) is 83.6 cm³/mol. The number of benzene rings is 1. The highest BCUT2D eigenvalue weighted by Gasteiger charge is 2.22. The van der Waals surface area contributed by atoms with E-state index in [0.717, 1.165) is 38.1 Å². The zero-order valence-corrected chi connectivity index (χ0v) is 12.9. The van der Waals surface area contributed by atoms with Crippen molar-refractivity contribution in [1.29, 1.82) is 0 Å². The maximum atomic E-state index is 12.3. The predicted octanol–water partition coefficient (Wildman–Crippen LogP) is 3.20. The number of likely N-dealkylation sites (tertiary alicyclic amines) is 1. The van der Waals surface area contributed by atoms with Crippen molar-refractivity contribution in [2.45, 2.75) is 45.4 Å². The van der Waals surface area contributed by atoms with E-state index in [1.807, 2.05) is 17.0 Å². The summed E-state index contributed by atoms with van der Waals surface area (Å²) in [6.07, 6.45) is 7.07. The van der Waals surface area contributed by atoms with Crippen molar-refractivity contribution in [3.8, 4) is 5.75 Å². The number of hydrogen-bond acceptors (Lipinski definition) is 2. The van der Waals surface area contributed by atoms with E-state index in [2.05, 4.69) is 13.0 Å². The van der Waals surface area contributed by atoms with Crippen LogP contribution >= 0.6 is 0 Å². The summed E-state index contributed by atoms with van der Waals surface area (Å²) in [7, 11) is 0. The Balaban J connectivity index is 1.61. The fourth-order valence-corrected chi connectivity index (χ4v) is 3.53. The Bertz CT molecular complexity index is 512. The number of piperidine rings is 1. The maximum absolute atomic E-state index is 12.3. The summed E-state index contributed by atoms with van der Waals surface area (Å²) < 4.78 is 5.86. The number of amides is 1. The van der Waals surface area contributed by atoms with Gasteiger partial charge in [0.05, 0.1) is 0 Å². The van der Waals surface area contributed by atoms with Gasteiger partial charge in [-0.25, -0.2) is 0 Å². The third kappa shape index (κ3) is 3.39. The highest BCUT2D eigenvalue weighted by atomic mass is 16.5. The van der Waals surface area contributed by atoms with Crippen LogP contribution in [-0.4, -0.2) is 30.5 Å². The van der Waals surface area contributed by atoms with Crippen LogP contribution in [-0.2, 0) is 17.6 Å². The number of rotatable bonds is 3. The molecule has 0 aromatic heterocycles. The lowest BCUT2D eigenvalue weighted by Gasteiger charge is -2.31. The van der Waals surface area contributed by atoms with E-state index in [1.165, 1.54) is 30.4 Å². The second-order valence-corrected chi connectivity index (χ2v) is 6.48. The van der Waals surface area contributed by atoms with E-state index in [9.17, 15) is 4.79 Å². The van der Waals surface area contributed by atoms with Gasteiger partial charge < -0.3 is 9.64 Å². The molecule has 1 aliphatic carbocycles. The van der Waals surface area contributed by atoms with Gasteiger partial charge >= 0.3 is 0 Å². The van der Waals surface area contributed by atoms with Crippen LogP contribution in [0.15, 0.2) is 18.2 Å². The molecular weight excluding hydrogens is 262 g/mol. The fourth-order valence-electron chi connectivity index (χ4n) is 3.53. The minimum Gasteiger partial charge on any atom is -0.483 e. The largest absolute Gasteiger partial charge is 0.483 e. The number of nitrogens with zero attached hydrogens (tertiary/aromatic N) is 1. The van der Waals surface area contributed by atoms with Crippen LogP contribution < -0.4 is 4.74 Å². The molecule has 114 valence electrons. The zero-order chi connectivity index (χ0) is 14.7. The van der Waals surface area contributed by atoms with Crippen LogP contribution in [0.1, 0.15) is 43.7 Å². The standard InChI is InChI=1S/C18H25NO2/c1-14-6-5-11-19(12-14)18(20)13-21-17-10-4-8-15-7-2-3-9-16(15)17/h4,8,10,14H,2-3,5-7,9,11-13H2,1H3. The number of fused-ring (bicyclic) bond motifs is 1. The third-order valence-corrected chi connectivity index (χ3v) is 4.71. The van der Waals surface area contributed by atoms with E-state index in [0.29, 0.717) is 5.92 Å². The highest BCUT2D eigenvalue weighted by Crippen LogP contribution is 2.29. The van der Waals surface area contributed by atoms with Gasteiger partial charge in [0.25, 0.3) is 5.91 Å². The number of carbonyl (C=O) groups is 1. The first kappa shape index (κ1) is 14.4. The molecule has 3 nitrogen and oxygen atoms in total. The summed E-state index contributed by atoms with van der Waals surface area (Å²) >= 11 is 0. The van der Waals surface area contributed by atoms with Gasteiger partial charge in [-0.1, -0.05) is 19.1 Å². The van der Waals surface area contributed by atoms with Crippen LogP contribution in [0.5, 0.6) is 5.75 Å². The minimum absolute atomic E-state index is 0.134. The van der Waals surface area contributed by atoms with E-state index < -0.39 is 0 Å². The molecule has 1 heterocycles. The minimum atomic E-state index is 0.134. The molecule has 0 saturated carbocycles. The smallest absolute Gasteiger partial charge is 0.260 e. The van der Waals surface area contributed by atoms with E-state index in [-0.39, 0.29) is 12.5 Å². The molecule has 3 heteroatoms. The first-order valence-electron chi connectivity index (χ1n) is 8.25. The molecule has 3 rings (SSSR count). The molecule has 1 unspecified atom stereocenters. The van der Waals surface area contributed by atoms with Gasteiger partial charge in [-0.15, -0.1) is 0 Å². The van der Waals surface area contributed by atoms with Crippen molar-refractivity contribution in [1.82, 2.24) is 4.90 Å². The van der Waals surface area contributed by atoms with E-state index in [4.69, 9.17) is 4.74 Å². The molecule has 21 heavy (non-hydrogen) atoms.